The van der Waals surface area contributed by atoms with Crippen molar-refractivity contribution in [1.29, 1.82) is 0 Å². The van der Waals surface area contributed by atoms with Gasteiger partial charge in [-0.05, 0) is 69.3 Å². The normalized spacial score (nSPS) is 10.8. The van der Waals surface area contributed by atoms with Crippen molar-refractivity contribution >= 4 is 17.5 Å². The van der Waals surface area contributed by atoms with E-state index in [2.05, 4.69) is 25.7 Å². The van der Waals surface area contributed by atoms with Crippen molar-refractivity contribution in [3.63, 3.8) is 0 Å². The van der Waals surface area contributed by atoms with Crippen molar-refractivity contribution in [2.45, 2.75) is 26.4 Å². The number of anilines is 2. The van der Waals surface area contributed by atoms with Gasteiger partial charge in [0.2, 0.25) is 0 Å². The van der Waals surface area contributed by atoms with Crippen LogP contribution in [0.4, 0.5) is 16.2 Å². The molecular weight excluding hydrogens is 420 g/mol. The van der Waals surface area contributed by atoms with Gasteiger partial charge < -0.3 is 19.6 Å². The predicted octanol–water partition coefficient (Wildman–Crippen LogP) is 3.89. The monoisotopic (exact) mass is 448 g/mol. The maximum absolute atomic E-state index is 11.6. The Hall–Kier alpha value is -4.21. The number of ether oxygens (including phenoxy) is 1. The molecule has 0 aliphatic carbocycles. The Kier molecular flexibility index (Phi) is 7.07. The summed E-state index contributed by atoms with van der Waals surface area (Å²) in [4.78, 5) is 11.6. The second-order valence-electron chi connectivity index (χ2n) is 8.36. The zero-order valence-corrected chi connectivity index (χ0v) is 19.4. The van der Waals surface area contributed by atoms with Gasteiger partial charge in [0.1, 0.15) is 18.3 Å². The van der Waals surface area contributed by atoms with Crippen LogP contribution in [0.5, 0.6) is 0 Å². The standard InChI is InChI=1S/C14H18N4O2.C9H10N4/c1-14(2,3)20-13(19)16-11-7-5-10(6-8-11)12-17-15-9-18(12)4;1-13-6-11-12-9(13)7-2-4-8(10)5-3-7/h5-9H,1-4H3,(H,16,19);2-6H,10H2,1H3. The average molecular weight is 449 g/mol. The average Bonchev–Trinajstić information content (AvgIpc) is 3.36. The summed E-state index contributed by atoms with van der Waals surface area (Å²) in [6, 6.07) is 14.9. The molecule has 0 unspecified atom stereocenters. The van der Waals surface area contributed by atoms with Crippen LogP contribution in [0.3, 0.4) is 0 Å². The van der Waals surface area contributed by atoms with E-state index in [9.17, 15) is 4.79 Å². The number of aromatic nitrogens is 6. The third kappa shape index (κ3) is 6.63. The molecule has 3 N–H and O–H groups in total. The number of nitrogens with two attached hydrogens (primary N) is 1. The van der Waals surface area contributed by atoms with E-state index < -0.39 is 11.7 Å². The quantitative estimate of drug-likeness (QED) is 0.455. The first kappa shape index (κ1) is 23.5. The highest BCUT2D eigenvalue weighted by Crippen LogP contribution is 2.19. The minimum Gasteiger partial charge on any atom is -0.444 e. The lowest BCUT2D eigenvalue weighted by Gasteiger charge is -2.19. The van der Waals surface area contributed by atoms with Crippen LogP contribution in [0.1, 0.15) is 20.8 Å². The second kappa shape index (κ2) is 9.94. The first-order chi connectivity index (χ1) is 15.6. The molecule has 10 heteroatoms. The van der Waals surface area contributed by atoms with Crippen LogP contribution < -0.4 is 11.1 Å². The molecule has 0 spiro atoms. The fourth-order valence-electron chi connectivity index (χ4n) is 2.85. The minimum absolute atomic E-state index is 0.469. The number of nitrogens with one attached hydrogen (secondary N) is 1. The highest BCUT2D eigenvalue weighted by atomic mass is 16.6. The molecule has 172 valence electrons. The van der Waals surface area contributed by atoms with Gasteiger partial charge in [-0.2, -0.15) is 0 Å². The summed E-state index contributed by atoms with van der Waals surface area (Å²) >= 11 is 0. The van der Waals surface area contributed by atoms with Gasteiger partial charge in [-0.25, -0.2) is 4.79 Å². The van der Waals surface area contributed by atoms with Crippen molar-refractivity contribution < 1.29 is 9.53 Å². The summed E-state index contributed by atoms with van der Waals surface area (Å²) in [5.74, 6) is 1.62. The van der Waals surface area contributed by atoms with E-state index in [0.29, 0.717) is 5.69 Å². The molecule has 0 saturated heterocycles. The molecule has 33 heavy (non-hydrogen) atoms. The van der Waals surface area contributed by atoms with Gasteiger partial charge in [-0.15, -0.1) is 20.4 Å². The lowest BCUT2D eigenvalue weighted by atomic mass is 10.2. The number of hydrogen-bond donors (Lipinski definition) is 2. The Labute approximate surface area is 192 Å². The van der Waals surface area contributed by atoms with E-state index in [1.165, 1.54) is 0 Å². The fourth-order valence-corrected chi connectivity index (χ4v) is 2.85. The van der Waals surface area contributed by atoms with E-state index >= 15 is 0 Å². The van der Waals surface area contributed by atoms with E-state index in [4.69, 9.17) is 10.5 Å². The summed E-state index contributed by atoms with van der Waals surface area (Å²) in [5, 5.41) is 18.3. The number of hydrogen-bond acceptors (Lipinski definition) is 7. The number of aryl methyl sites for hydroxylation is 2. The molecule has 4 rings (SSSR count). The number of amides is 1. The number of nitrogen functional groups attached to an aromatic ring is 1. The first-order valence-electron chi connectivity index (χ1n) is 10.3. The molecule has 1 amide bonds. The van der Waals surface area contributed by atoms with Crippen molar-refractivity contribution in [2.75, 3.05) is 11.1 Å². The number of rotatable bonds is 3. The maximum Gasteiger partial charge on any atom is 0.412 e. The summed E-state index contributed by atoms with van der Waals surface area (Å²) < 4.78 is 8.88. The van der Waals surface area contributed by atoms with Gasteiger partial charge >= 0.3 is 6.09 Å². The van der Waals surface area contributed by atoms with E-state index in [1.54, 1.807) is 24.8 Å². The molecule has 2 heterocycles. The molecule has 10 nitrogen and oxygen atoms in total. The molecule has 0 aliphatic heterocycles. The van der Waals surface area contributed by atoms with Crippen LogP contribution in [0, 0.1) is 0 Å². The third-order valence-corrected chi connectivity index (χ3v) is 4.38. The summed E-state index contributed by atoms with van der Waals surface area (Å²) in [7, 11) is 3.79. The van der Waals surface area contributed by atoms with Crippen LogP contribution >= 0.6 is 0 Å². The molecule has 0 radical (unpaired) electrons. The molecular formula is C23H28N8O2. The SMILES string of the molecule is Cn1cnnc1-c1ccc(N)cc1.Cn1cnnc1-c1ccc(NC(=O)OC(C)(C)C)cc1. The number of carbonyl (C=O) groups excluding carboxylic acids is 1. The topological polar surface area (TPSA) is 126 Å². The summed E-state index contributed by atoms with van der Waals surface area (Å²) in [5.41, 5.74) is 8.44. The minimum atomic E-state index is -0.511. The molecule has 0 saturated carbocycles. The molecule has 0 bridgehead atoms. The van der Waals surface area contributed by atoms with Gasteiger partial charge in [0, 0.05) is 36.6 Å². The Bertz CT molecular complexity index is 1190. The van der Waals surface area contributed by atoms with E-state index in [-0.39, 0.29) is 0 Å². The maximum atomic E-state index is 11.6. The molecule has 2 aromatic carbocycles. The van der Waals surface area contributed by atoms with Crippen LogP contribution in [0.15, 0.2) is 61.2 Å². The Morgan fingerprint density at radius 3 is 1.70 bits per heavy atom. The summed E-state index contributed by atoms with van der Waals surface area (Å²) in [6.45, 7) is 5.47. The lowest BCUT2D eigenvalue weighted by molar-refractivity contribution is 0.0636. The van der Waals surface area contributed by atoms with Gasteiger partial charge in [-0.3, -0.25) is 5.32 Å². The van der Waals surface area contributed by atoms with Crippen LogP contribution in [0.2, 0.25) is 0 Å². The molecule has 0 fully saturated rings. The number of carbonyl (C=O) groups is 1. The van der Waals surface area contributed by atoms with Gasteiger partial charge in [0.05, 0.1) is 0 Å². The zero-order chi connectivity index (χ0) is 24.0. The largest absolute Gasteiger partial charge is 0.444 e. The molecule has 4 aromatic rings. The van der Waals surface area contributed by atoms with Gasteiger partial charge in [-0.1, -0.05) is 0 Å². The predicted molar refractivity (Wildman–Crippen MR) is 127 cm³/mol. The Morgan fingerprint density at radius 2 is 1.30 bits per heavy atom. The van der Waals surface area contributed by atoms with E-state index in [1.807, 2.05) is 80.4 Å². The highest BCUT2D eigenvalue weighted by molar-refractivity contribution is 5.85. The number of benzene rings is 2. The lowest BCUT2D eigenvalue weighted by Crippen LogP contribution is -2.27. The van der Waals surface area contributed by atoms with Gasteiger partial charge in [0.15, 0.2) is 11.6 Å². The Balaban J connectivity index is 0.000000203. The van der Waals surface area contributed by atoms with Crippen molar-refractivity contribution in [1.82, 2.24) is 29.5 Å². The van der Waals surface area contributed by atoms with Crippen molar-refractivity contribution in [3.8, 4) is 22.8 Å². The summed E-state index contributed by atoms with van der Waals surface area (Å²) in [6.07, 6.45) is 2.84. The molecule has 0 aliphatic rings. The number of nitrogens with zero attached hydrogens (tertiary/aromatic N) is 6. The second-order valence-corrected chi connectivity index (χ2v) is 8.36. The van der Waals surface area contributed by atoms with Crippen LogP contribution in [-0.2, 0) is 18.8 Å². The van der Waals surface area contributed by atoms with E-state index in [0.717, 1.165) is 28.5 Å². The highest BCUT2D eigenvalue weighted by Gasteiger charge is 2.16. The van der Waals surface area contributed by atoms with Crippen molar-refractivity contribution in [2.24, 2.45) is 14.1 Å². The Morgan fingerprint density at radius 1 is 0.848 bits per heavy atom. The van der Waals surface area contributed by atoms with Crippen molar-refractivity contribution in [3.05, 3.63) is 61.2 Å². The first-order valence-corrected chi connectivity index (χ1v) is 10.3. The van der Waals surface area contributed by atoms with Crippen LogP contribution in [0.25, 0.3) is 22.8 Å². The molecule has 0 atom stereocenters. The molecule has 2 aromatic heterocycles. The fraction of sp³-hybridized carbons (Fsp3) is 0.261. The van der Waals surface area contributed by atoms with Gasteiger partial charge in [0.25, 0.3) is 0 Å². The third-order valence-electron chi connectivity index (χ3n) is 4.38. The smallest absolute Gasteiger partial charge is 0.412 e. The zero-order valence-electron chi connectivity index (χ0n) is 19.4. The van der Waals surface area contributed by atoms with Crippen LogP contribution in [-0.4, -0.2) is 41.2 Å².